The molecule has 0 saturated heterocycles. The van der Waals surface area contributed by atoms with E-state index < -0.39 is 6.36 Å². The highest BCUT2D eigenvalue weighted by Gasteiger charge is 2.30. The zero-order valence-electron chi connectivity index (χ0n) is 15.9. The van der Waals surface area contributed by atoms with Gasteiger partial charge in [-0.25, -0.2) is 0 Å². The number of alkyl halides is 3. The number of hydrogen-bond donors (Lipinski definition) is 0. The Kier molecular flexibility index (Phi) is 5.92. The monoisotopic (exact) mass is 400 g/mol. The van der Waals surface area contributed by atoms with Gasteiger partial charge in [0.2, 0.25) is 0 Å². The van der Waals surface area contributed by atoms with E-state index in [0.717, 1.165) is 16.7 Å². The highest BCUT2D eigenvalue weighted by Crippen LogP contribution is 2.29. The molecule has 0 aliphatic heterocycles. The van der Waals surface area contributed by atoms with Crippen molar-refractivity contribution < 1.29 is 27.4 Å². The van der Waals surface area contributed by atoms with Crippen molar-refractivity contribution in [3.63, 3.8) is 0 Å². The second-order valence-corrected chi connectivity index (χ2v) is 6.73. The summed E-state index contributed by atoms with van der Waals surface area (Å²) in [6.45, 7) is 4.34. The number of carbonyl (C=O) groups excluding carboxylic acids is 1. The molecule has 6 heteroatoms. The van der Waals surface area contributed by atoms with Gasteiger partial charge in [0.1, 0.15) is 18.1 Å². The van der Waals surface area contributed by atoms with Crippen molar-refractivity contribution in [2.24, 2.45) is 0 Å². The van der Waals surface area contributed by atoms with E-state index in [-0.39, 0.29) is 5.75 Å². The van der Waals surface area contributed by atoms with Crippen molar-refractivity contribution in [3.05, 3.63) is 82.9 Å². The van der Waals surface area contributed by atoms with Gasteiger partial charge in [0, 0.05) is 0 Å². The lowest BCUT2D eigenvalue weighted by Crippen LogP contribution is -2.16. The summed E-state index contributed by atoms with van der Waals surface area (Å²) in [7, 11) is 0. The van der Waals surface area contributed by atoms with Crippen LogP contribution in [-0.4, -0.2) is 12.6 Å². The quantitative estimate of drug-likeness (QED) is 0.458. The van der Waals surface area contributed by atoms with E-state index >= 15 is 0 Å². The van der Waals surface area contributed by atoms with Crippen LogP contribution in [-0.2, 0) is 6.61 Å². The molecule has 0 aliphatic carbocycles. The molecule has 0 amide bonds. The van der Waals surface area contributed by atoms with Crippen LogP contribution in [0.25, 0.3) is 11.1 Å². The minimum absolute atomic E-state index is 0.301. The molecule has 29 heavy (non-hydrogen) atoms. The van der Waals surface area contributed by atoms with Gasteiger partial charge < -0.3 is 9.47 Å². The van der Waals surface area contributed by atoms with E-state index in [4.69, 9.17) is 4.74 Å². The minimum Gasteiger partial charge on any atom is -0.488 e. The van der Waals surface area contributed by atoms with Gasteiger partial charge in [0.15, 0.2) is 6.29 Å². The van der Waals surface area contributed by atoms with Gasteiger partial charge in [-0.2, -0.15) is 0 Å². The lowest BCUT2D eigenvalue weighted by molar-refractivity contribution is -0.274. The number of aryl methyl sites for hydroxylation is 2. The SMILES string of the molecule is Cc1cc(C)cc(COc2ccc(-c3ccc(OC(F)(F)F)cc3)cc2C=O)c1. The van der Waals surface area contributed by atoms with E-state index in [9.17, 15) is 18.0 Å². The molecular weight excluding hydrogens is 381 g/mol. The predicted octanol–water partition coefficient (Wildman–Crippen LogP) is 6.26. The van der Waals surface area contributed by atoms with Crippen LogP contribution in [0.4, 0.5) is 13.2 Å². The number of carbonyl (C=O) groups is 1. The average Bonchev–Trinajstić information content (AvgIpc) is 2.65. The van der Waals surface area contributed by atoms with Crippen LogP contribution in [0.2, 0.25) is 0 Å². The molecule has 150 valence electrons. The van der Waals surface area contributed by atoms with Crippen molar-refractivity contribution in [1.82, 2.24) is 0 Å². The van der Waals surface area contributed by atoms with Gasteiger partial charge in [0.25, 0.3) is 0 Å². The summed E-state index contributed by atoms with van der Waals surface area (Å²) in [5, 5.41) is 0. The Hall–Kier alpha value is -3.28. The molecule has 0 atom stereocenters. The van der Waals surface area contributed by atoms with Crippen LogP contribution in [0, 0.1) is 13.8 Å². The smallest absolute Gasteiger partial charge is 0.488 e. The summed E-state index contributed by atoms with van der Waals surface area (Å²) in [6.07, 6.45) is -4.04. The topological polar surface area (TPSA) is 35.5 Å². The van der Waals surface area contributed by atoms with Crippen molar-refractivity contribution in [2.45, 2.75) is 26.8 Å². The lowest BCUT2D eigenvalue weighted by atomic mass is 10.0. The van der Waals surface area contributed by atoms with E-state index in [2.05, 4.69) is 10.8 Å². The van der Waals surface area contributed by atoms with Gasteiger partial charge in [-0.1, -0.05) is 47.5 Å². The number of aldehydes is 1. The van der Waals surface area contributed by atoms with Crippen molar-refractivity contribution in [3.8, 4) is 22.6 Å². The molecule has 0 N–H and O–H groups in total. The number of halogens is 3. The minimum atomic E-state index is -4.74. The second-order valence-electron chi connectivity index (χ2n) is 6.73. The number of rotatable bonds is 6. The Morgan fingerprint density at radius 3 is 2.07 bits per heavy atom. The molecule has 0 spiro atoms. The number of benzene rings is 3. The molecule has 3 aromatic carbocycles. The average molecular weight is 400 g/mol. The first-order chi connectivity index (χ1) is 13.7. The fourth-order valence-corrected chi connectivity index (χ4v) is 3.11. The predicted molar refractivity (Wildman–Crippen MR) is 104 cm³/mol. The first kappa shape index (κ1) is 20.5. The molecule has 3 rings (SSSR count). The maximum Gasteiger partial charge on any atom is 0.573 e. The van der Waals surface area contributed by atoms with Gasteiger partial charge in [0.05, 0.1) is 5.56 Å². The molecule has 0 fully saturated rings. The van der Waals surface area contributed by atoms with Crippen molar-refractivity contribution in [1.29, 1.82) is 0 Å². The van der Waals surface area contributed by atoms with Crippen LogP contribution in [0.3, 0.4) is 0 Å². The van der Waals surface area contributed by atoms with Gasteiger partial charge in [-0.3, -0.25) is 4.79 Å². The Morgan fingerprint density at radius 1 is 0.862 bits per heavy atom. The second kappa shape index (κ2) is 8.39. The molecule has 0 unspecified atom stereocenters. The molecule has 0 aliphatic rings. The first-order valence-corrected chi connectivity index (χ1v) is 8.89. The lowest BCUT2D eigenvalue weighted by Gasteiger charge is -2.12. The summed E-state index contributed by atoms with van der Waals surface area (Å²) in [5.74, 6) is 0.144. The van der Waals surface area contributed by atoms with Crippen LogP contribution < -0.4 is 9.47 Å². The first-order valence-electron chi connectivity index (χ1n) is 8.89. The van der Waals surface area contributed by atoms with Crippen LogP contribution >= 0.6 is 0 Å². The van der Waals surface area contributed by atoms with Crippen LogP contribution in [0.15, 0.2) is 60.7 Å². The summed E-state index contributed by atoms with van der Waals surface area (Å²) in [5.41, 5.74) is 4.97. The summed E-state index contributed by atoms with van der Waals surface area (Å²) >= 11 is 0. The van der Waals surface area contributed by atoms with Crippen LogP contribution in [0.5, 0.6) is 11.5 Å². The standard InChI is InChI=1S/C23H19F3O3/c1-15-9-16(2)11-17(10-15)14-28-22-8-5-19(12-20(22)13-27)18-3-6-21(7-4-18)29-23(24,25)26/h3-13H,14H2,1-2H3. The largest absolute Gasteiger partial charge is 0.573 e. The fourth-order valence-electron chi connectivity index (χ4n) is 3.11. The zero-order valence-corrected chi connectivity index (χ0v) is 15.9. The normalized spacial score (nSPS) is 11.2. The number of hydrogen-bond acceptors (Lipinski definition) is 3. The number of ether oxygens (including phenoxy) is 2. The van der Waals surface area contributed by atoms with Gasteiger partial charge >= 0.3 is 6.36 Å². The molecule has 0 saturated carbocycles. The van der Waals surface area contributed by atoms with Gasteiger partial charge in [-0.05, 0) is 54.8 Å². The van der Waals surface area contributed by atoms with Crippen molar-refractivity contribution in [2.75, 3.05) is 0 Å². The van der Waals surface area contributed by atoms with E-state index in [0.29, 0.717) is 35.3 Å². The fraction of sp³-hybridized carbons (Fsp3) is 0.174. The van der Waals surface area contributed by atoms with Crippen molar-refractivity contribution >= 4 is 6.29 Å². The molecule has 3 nitrogen and oxygen atoms in total. The third kappa shape index (κ3) is 5.60. The van der Waals surface area contributed by atoms with E-state index in [1.165, 1.54) is 24.3 Å². The summed E-state index contributed by atoms with van der Waals surface area (Å²) < 4.78 is 46.5. The highest BCUT2D eigenvalue weighted by molar-refractivity contribution is 5.83. The Labute approximate surface area is 166 Å². The zero-order chi connectivity index (χ0) is 21.0. The third-order valence-electron chi connectivity index (χ3n) is 4.23. The van der Waals surface area contributed by atoms with Crippen LogP contribution in [0.1, 0.15) is 27.0 Å². The molecular formula is C23H19F3O3. The Morgan fingerprint density at radius 2 is 1.48 bits per heavy atom. The van der Waals surface area contributed by atoms with E-state index in [1.807, 2.05) is 26.0 Å². The Balaban J connectivity index is 1.77. The summed E-state index contributed by atoms with van der Waals surface area (Å²) in [6, 6.07) is 16.7. The highest BCUT2D eigenvalue weighted by atomic mass is 19.4. The third-order valence-corrected chi connectivity index (χ3v) is 4.23. The van der Waals surface area contributed by atoms with Gasteiger partial charge in [-0.15, -0.1) is 13.2 Å². The molecule has 0 radical (unpaired) electrons. The molecule has 0 bridgehead atoms. The molecule has 0 heterocycles. The maximum atomic E-state index is 12.3. The van der Waals surface area contributed by atoms with E-state index in [1.54, 1.807) is 18.2 Å². The Bertz CT molecular complexity index is 989. The summed E-state index contributed by atoms with van der Waals surface area (Å²) in [4.78, 5) is 11.5. The molecule has 3 aromatic rings. The maximum absolute atomic E-state index is 12.3. The molecule has 0 aromatic heterocycles.